The summed E-state index contributed by atoms with van der Waals surface area (Å²) >= 11 is 1.22. The number of carbonyl (C=O) groups excluding carboxylic acids is 2. The van der Waals surface area contributed by atoms with Crippen molar-refractivity contribution in [2.45, 2.75) is 19.8 Å². The van der Waals surface area contributed by atoms with Gasteiger partial charge in [0.2, 0.25) is 0 Å². The molecule has 2 N–H and O–H groups in total. The molecule has 3 aromatic carbocycles. The van der Waals surface area contributed by atoms with E-state index in [2.05, 4.69) is 10.3 Å². The predicted octanol–water partition coefficient (Wildman–Crippen LogP) is 5.12. The van der Waals surface area contributed by atoms with Gasteiger partial charge >= 0.3 is 11.9 Å². The number of carboxylic acid groups (broad SMARTS) is 1. The van der Waals surface area contributed by atoms with E-state index in [0.717, 1.165) is 22.0 Å². The second kappa shape index (κ2) is 11.1. The Balaban J connectivity index is 1.51. The summed E-state index contributed by atoms with van der Waals surface area (Å²) in [7, 11) is 1.56. The fourth-order valence-corrected chi connectivity index (χ4v) is 4.56. The van der Waals surface area contributed by atoms with Crippen LogP contribution in [0.4, 0.5) is 5.69 Å². The number of amidine groups is 1. The van der Waals surface area contributed by atoms with E-state index in [1.54, 1.807) is 38.3 Å². The quantitative estimate of drug-likeness (QED) is 0.321. The summed E-state index contributed by atoms with van der Waals surface area (Å²) in [6.45, 7) is 2.06. The normalized spacial score (nSPS) is 14.1. The minimum Gasteiger partial charge on any atom is -0.495 e. The highest BCUT2D eigenvalue weighted by molar-refractivity contribution is 8.18. The summed E-state index contributed by atoms with van der Waals surface area (Å²) in [6.07, 6.45) is 2.26. The molecule has 0 radical (unpaired) electrons. The Morgan fingerprint density at radius 2 is 1.89 bits per heavy atom. The van der Waals surface area contributed by atoms with Gasteiger partial charge in [0.05, 0.1) is 24.2 Å². The van der Waals surface area contributed by atoms with Crippen LogP contribution in [0, 0.1) is 0 Å². The van der Waals surface area contributed by atoms with Crippen molar-refractivity contribution >= 4 is 57.3 Å². The van der Waals surface area contributed by atoms with Gasteiger partial charge in [-0.15, -0.1) is 0 Å². The maximum Gasteiger partial charge on any atom is 0.338 e. The highest BCUT2D eigenvalue weighted by Crippen LogP contribution is 2.35. The van der Waals surface area contributed by atoms with Crippen molar-refractivity contribution in [1.82, 2.24) is 0 Å². The van der Waals surface area contributed by atoms with Gasteiger partial charge in [-0.3, -0.25) is 9.59 Å². The van der Waals surface area contributed by atoms with Gasteiger partial charge in [0.25, 0.3) is 5.91 Å². The van der Waals surface area contributed by atoms with Gasteiger partial charge in [-0.2, -0.15) is 4.99 Å². The molecule has 9 heteroatoms. The van der Waals surface area contributed by atoms with Crippen molar-refractivity contribution in [3.63, 3.8) is 0 Å². The van der Waals surface area contributed by atoms with Gasteiger partial charge in [-0.1, -0.05) is 24.3 Å². The molecule has 36 heavy (non-hydrogen) atoms. The number of hydrogen-bond donors (Lipinski definition) is 2. The summed E-state index contributed by atoms with van der Waals surface area (Å²) in [4.78, 5) is 39.9. The largest absolute Gasteiger partial charge is 0.495 e. The van der Waals surface area contributed by atoms with Gasteiger partial charge < -0.3 is 19.9 Å². The Kier molecular flexibility index (Phi) is 7.70. The van der Waals surface area contributed by atoms with Crippen LogP contribution in [0.1, 0.15) is 34.8 Å². The molecule has 0 saturated heterocycles. The number of aliphatic imine (C=N–C) groups is 1. The molecule has 1 aliphatic heterocycles. The first kappa shape index (κ1) is 25.0. The number of carboxylic acids is 1. The number of hydrogen-bond acceptors (Lipinski definition) is 7. The molecule has 0 saturated carbocycles. The van der Waals surface area contributed by atoms with E-state index in [1.165, 1.54) is 11.8 Å². The number of nitrogens with one attached hydrogen (secondary N) is 1. The molecule has 1 heterocycles. The number of thioether (sulfide) groups is 1. The van der Waals surface area contributed by atoms with Crippen molar-refractivity contribution in [1.29, 1.82) is 0 Å². The molecule has 0 unspecified atom stereocenters. The number of nitrogens with zero attached hydrogens (tertiary/aromatic N) is 1. The van der Waals surface area contributed by atoms with E-state index in [0.29, 0.717) is 40.0 Å². The van der Waals surface area contributed by atoms with Crippen LogP contribution in [0.15, 0.2) is 64.5 Å². The van der Waals surface area contributed by atoms with Crippen LogP contribution in [0.5, 0.6) is 5.75 Å². The topological polar surface area (TPSA) is 114 Å². The second-order valence-corrected chi connectivity index (χ2v) is 8.92. The average molecular weight is 505 g/mol. The molecule has 184 valence electrons. The van der Waals surface area contributed by atoms with Crippen LogP contribution in [-0.2, 0) is 20.7 Å². The van der Waals surface area contributed by atoms with E-state index < -0.39 is 5.97 Å². The fraction of sp³-hybridized carbons (Fsp3) is 0.185. The average Bonchev–Trinajstić information content (AvgIpc) is 3.21. The summed E-state index contributed by atoms with van der Waals surface area (Å²) in [5.41, 5.74) is 2.83. The fourth-order valence-electron chi connectivity index (χ4n) is 3.73. The molecular weight excluding hydrogens is 480 g/mol. The van der Waals surface area contributed by atoms with Crippen LogP contribution in [0.3, 0.4) is 0 Å². The summed E-state index contributed by atoms with van der Waals surface area (Å²) < 4.78 is 10.7. The minimum absolute atomic E-state index is 0.0722. The van der Waals surface area contributed by atoms with Crippen molar-refractivity contribution < 1.29 is 29.0 Å². The number of aliphatic carboxylic acids is 1. The van der Waals surface area contributed by atoms with Crippen LogP contribution >= 0.6 is 11.8 Å². The van der Waals surface area contributed by atoms with Crippen molar-refractivity contribution in [3.8, 4) is 5.75 Å². The molecular formula is C27H24N2O6S. The molecule has 8 nitrogen and oxygen atoms in total. The highest BCUT2D eigenvalue weighted by Gasteiger charge is 2.23. The molecule has 1 aliphatic rings. The lowest BCUT2D eigenvalue weighted by molar-refractivity contribution is -0.137. The maximum atomic E-state index is 12.6. The van der Waals surface area contributed by atoms with Gasteiger partial charge in [0.15, 0.2) is 5.17 Å². The van der Waals surface area contributed by atoms with Gasteiger partial charge in [-0.25, -0.2) is 4.79 Å². The Bertz CT molecular complexity index is 1400. The van der Waals surface area contributed by atoms with Crippen LogP contribution in [0.25, 0.3) is 16.8 Å². The monoisotopic (exact) mass is 504 g/mol. The standard InChI is InChI=1S/C27H24N2O6S/c1-3-35-26(33)19-9-12-21-17(14-19)7-8-18(24(21)34-2)15-22-25(32)29-27(36-22)28-20-10-4-16(5-11-20)6-13-23(30)31/h4-5,7-12,14-15H,3,6,13H2,1-2H3,(H,30,31)(H,28,29,32). The first-order valence-electron chi connectivity index (χ1n) is 11.3. The van der Waals surface area contributed by atoms with Gasteiger partial charge in [0.1, 0.15) is 5.75 Å². The number of benzene rings is 3. The number of anilines is 1. The molecule has 0 atom stereocenters. The number of aryl methyl sites for hydroxylation is 1. The molecule has 0 spiro atoms. The summed E-state index contributed by atoms with van der Waals surface area (Å²) in [5, 5.41) is 14.0. The molecule has 0 bridgehead atoms. The van der Waals surface area contributed by atoms with Crippen LogP contribution < -0.4 is 10.1 Å². The summed E-state index contributed by atoms with van der Waals surface area (Å²) in [6, 6.07) is 16.3. The van der Waals surface area contributed by atoms with E-state index in [1.807, 2.05) is 36.4 Å². The van der Waals surface area contributed by atoms with Gasteiger partial charge in [0, 0.05) is 23.1 Å². The number of amides is 1. The van der Waals surface area contributed by atoms with E-state index in [-0.39, 0.29) is 18.3 Å². The van der Waals surface area contributed by atoms with E-state index in [4.69, 9.17) is 14.6 Å². The minimum atomic E-state index is -0.837. The summed E-state index contributed by atoms with van der Waals surface area (Å²) in [5.74, 6) is -0.997. The molecule has 0 aliphatic carbocycles. The highest BCUT2D eigenvalue weighted by atomic mass is 32.2. The number of fused-ring (bicyclic) bond motifs is 1. The lowest BCUT2D eigenvalue weighted by Crippen LogP contribution is -2.05. The lowest BCUT2D eigenvalue weighted by atomic mass is 10.0. The Morgan fingerprint density at radius 3 is 2.58 bits per heavy atom. The third-order valence-electron chi connectivity index (χ3n) is 5.46. The van der Waals surface area contributed by atoms with Crippen LogP contribution in [0.2, 0.25) is 0 Å². The van der Waals surface area contributed by atoms with Gasteiger partial charge in [-0.05, 0) is 72.5 Å². The van der Waals surface area contributed by atoms with Crippen molar-refractivity contribution in [2.75, 3.05) is 19.0 Å². The lowest BCUT2D eigenvalue weighted by Gasteiger charge is -2.11. The van der Waals surface area contributed by atoms with E-state index >= 15 is 0 Å². The molecule has 3 aromatic rings. The molecule has 0 fully saturated rings. The number of methoxy groups -OCH3 is 1. The first-order chi connectivity index (χ1) is 17.4. The Hall–Kier alpha value is -4.11. The number of esters is 1. The smallest absolute Gasteiger partial charge is 0.338 e. The van der Waals surface area contributed by atoms with Crippen LogP contribution in [-0.4, -0.2) is 41.8 Å². The second-order valence-electron chi connectivity index (χ2n) is 7.89. The molecule has 1 amide bonds. The van der Waals surface area contributed by atoms with E-state index in [9.17, 15) is 14.4 Å². The third-order valence-corrected chi connectivity index (χ3v) is 6.36. The zero-order valence-electron chi connectivity index (χ0n) is 19.7. The Morgan fingerprint density at radius 1 is 1.11 bits per heavy atom. The van der Waals surface area contributed by atoms with Crippen molar-refractivity contribution in [2.24, 2.45) is 4.99 Å². The predicted molar refractivity (Wildman–Crippen MR) is 140 cm³/mol. The third kappa shape index (κ3) is 5.75. The SMILES string of the molecule is CCOC(=O)c1ccc2c(OC)c(C=C3SC(Nc4ccc(CCC(=O)O)cc4)=NC3=O)ccc2c1. The number of ether oxygens (including phenoxy) is 2. The number of rotatable bonds is 8. The zero-order chi connectivity index (χ0) is 25.7. The zero-order valence-corrected chi connectivity index (χ0v) is 20.6. The van der Waals surface area contributed by atoms with Crippen molar-refractivity contribution in [3.05, 3.63) is 76.2 Å². The number of carbonyl (C=O) groups is 3. The Labute approximate surface area is 212 Å². The molecule has 0 aromatic heterocycles. The first-order valence-corrected chi connectivity index (χ1v) is 12.1. The maximum absolute atomic E-state index is 12.6. The molecule has 4 rings (SSSR count).